The Balaban J connectivity index is 1.76. The third kappa shape index (κ3) is 2.50. The lowest BCUT2D eigenvalue weighted by atomic mass is 9.86. The summed E-state index contributed by atoms with van der Waals surface area (Å²) in [4.78, 5) is 12.2. The number of carbonyl (C=O) groups is 1. The highest BCUT2D eigenvalue weighted by Gasteiger charge is 2.24. The van der Waals surface area contributed by atoms with Crippen molar-refractivity contribution in [2.75, 3.05) is 0 Å². The number of rotatable bonds is 2. The smallest absolute Gasteiger partial charge is 0.287 e. The maximum atomic E-state index is 12.2. The predicted molar refractivity (Wildman–Crippen MR) is 75.1 cm³/mol. The van der Waals surface area contributed by atoms with E-state index < -0.39 is 0 Å². The number of benzene rings is 1. The Morgan fingerprint density at radius 1 is 1.26 bits per heavy atom. The van der Waals surface area contributed by atoms with Gasteiger partial charge in [0.1, 0.15) is 5.58 Å². The highest BCUT2D eigenvalue weighted by molar-refractivity contribution is 5.96. The van der Waals surface area contributed by atoms with E-state index in [-0.39, 0.29) is 11.9 Å². The average Bonchev–Trinajstić information content (AvgIpc) is 2.85. The van der Waals surface area contributed by atoms with Crippen molar-refractivity contribution in [3.63, 3.8) is 0 Å². The van der Waals surface area contributed by atoms with Crippen LogP contribution in [0.2, 0.25) is 0 Å². The Labute approximate surface area is 113 Å². The molecule has 100 valence electrons. The largest absolute Gasteiger partial charge is 0.451 e. The van der Waals surface area contributed by atoms with Crippen LogP contribution in [0.3, 0.4) is 0 Å². The van der Waals surface area contributed by atoms with E-state index in [9.17, 15) is 4.79 Å². The fraction of sp³-hybridized carbons (Fsp3) is 0.438. The normalized spacial score (nSPS) is 23.4. The first-order valence-electron chi connectivity index (χ1n) is 7.03. The highest BCUT2D eigenvalue weighted by atomic mass is 16.3. The molecular weight excluding hydrogens is 238 g/mol. The van der Waals surface area contributed by atoms with Crippen LogP contribution in [0.4, 0.5) is 0 Å². The van der Waals surface area contributed by atoms with Crippen LogP contribution >= 0.6 is 0 Å². The third-order valence-corrected chi connectivity index (χ3v) is 4.08. The zero-order valence-electron chi connectivity index (χ0n) is 11.2. The fourth-order valence-corrected chi connectivity index (χ4v) is 2.86. The minimum Gasteiger partial charge on any atom is -0.451 e. The van der Waals surface area contributed by atoms with E-state index in [1.54, 1.807) is 0 Å². The Kier molecular flexibility index (Phi) is 3.28. The van der Waals surface area contributed by atoms with Gasteiger partial charge in [0.25, 0.3) is 5.91 Å². The number of fused-ring (bicyclic) bond motifs is 1. The van der Waals surface area contributed by atoms with Crippen molar-refractivity contribution in [2.24, 2.45) is 5.92 Å². The summed E-state index contributed by atoms with van der Waals surface area (Å²) in [5.41, 5.74) is 0.768. The summed E-state index contributed by atoms with van der Waals surface area (Å²) >= 11 is 0. The first-order valence-corrected chi connectivity index (χ1v) is 7.03. The number of amides is 1. The lowest BCUT2D eigenvalue weighted by molar-refractivity contribution is 0.0884. The monoisotopic (exact) mass is 257 g/mol. The number of nitrogens with one attached hydrogen (secondary N) is 1. The van der Waals surface area contributed by atoms with Gasteiger partial charge in [0.15, 0.2) is 5.76 Å². The average molecular weight is 257 g/mol. The first-order chi connectivity index (χ1) is 9.24. The van der Waals surface area contributed by atoms with Crippen molar-refractivity contribution < 1.29 is 9.21 Å². The standard InChI is InChI=1S/C16H19NO2/c1-11-6-2-4-8-13(11)17-16(18)15-10-12-7-3-5-9-14(12)19-15/h3,5,7,9-11,13H,2,4,6,8H2,1H3,(H,17,18)/t11-,13-/m0/s1. The van der Waals surface area contributed by atoms with Crippen LogP contribution in [-0.2, 0) is 0 Å². The Bertz CT molecular complexity index is 554. The number of para-hydroxylation sites is 1. The molecule has 1 heterocycles. The van der Waals surface area contributed by atoms with E-state index in [0.717, 1.165) is 17.4 Å². The second-order valence-corrected chi connectivity index (χ2v) is 5.49. The second-order valence-electron chi connectivity index (χ2n) is 5.49. The molecule has 1 saturated carbocycles. The van der Waals surface area contributed by atoms with Gasteiger partial charge < -0.3 is 9.73 Å². The molecule has 0 unspecified atom stereocenters. The van der Waals surface area contributed by atoms with E-state index in [2.05, 4.69) is 12.2 Å². The fourth-order valence-electron chi connectivity index (χ4n) is 2.86. The van der Waals surface area contributed by atoms with Gasteiger partial charge >= 0.3 is 0 Å². The van der Waals surface area contributed by atoms with Gasteiger partial charge in [-0.05, 0) is 30.9 Å². The van der Waals surface area contributed by atoms with Crippen LogP contribution in [0.15, 0.2) is 34.7 Å². The molecular formula is C16H19NO2. The van der Waals surface area contributed by atoms with Gasteiger partial charge in [0.05, 0.1) is 0 Å². The van der Waals surface area contributed by atoms with Crippen molar-refractivity contribution in [1.82, 2.24) is 5.32 Å². The molecule has 1 fully saturated rings. The summed E-state index contributed by atoms with van der Waals surface area (Å²) in [7, 11) is 0. The lowest BCUT2D eigenvalue weighted by Crippen LogP contribution is -2.40. The molecule has 3 rings (SSSR count). The minimum atomic E-state index is -0.0880. The number of hydrogen-bond acceptors (Lipinski definition) is 2. The van der Waals surface area contributed by atoms with Gasteiger partial charge in [-0.1, -0.05) is 38.0 Å². The minimum absolute atomic E-state index is 0.0880. The van der Waals surface area contributed by atoms with Crippen LogP contribution in [0.1, 0.15) is 43.2 Å². The van der Waals surface area contributed by atoms with Gasteiger partial charge in [-0.15, -0.1) is 0 Å². The van der Waals surface area contributed by atoms with Crippen LogP contribution in [0, 0.1) is 5.92 Å². The molecule has 1 aromatic heterocycles. The van der Waals surface area contributed by atoms with Crippen molar-refractivity contribution in [2.45, 2.75) is 38.6 Å². The van der Waals surface area contributed by atoms with Crippen molar-refractivity contribution in [1.29, 1.82) is 0 Å². The summed E-state index contributed by atoms with van der Waals surface area (Å²) in [6, 6.07) is 9.81. The Hall–Kier alpha value is -1.77. The molecule has 0 bridgehead atoms. The quantitative estimate of drug-likeness (QED) is 0.890. The Morgan fingerprint density at radius 2 is 2.05 bits per heavy atom. The molecule has 0 spiro atoms. The molecule has 1 amide bonds. The summed E-state index contributed by atoms with van der Waals surface area (Å²) in [6.07, 6.45) is 4.76. The van der Waals surface area contributed by atoms with Crippen LogP contribution in [0.25, 0.3) is 11.0 Å². The van der Waals surface area contributed by atoms with Gasteiger partial charge in [-0.25, -0.2) is 0 Å². The molecule has 3 heteroatoms. The zero-order valence-corrected chi connectivity index (χ0v) is 11.2. The van der Waals surface area contributed by atoms with E-state index in [4.69, 9.17) is 4.42 Å². The predicted octanol–water partition coefficient (Wildman–Crippen LogP) is 3.74. The second kappa shape index (κ2) is 5.08. The van der Waals surface area contributed by atoms with Gasteiger partial charge in [-0.2, -0.15) is 0 Å². The molecule has 2 atom stereocenters. The van der Waals surface area contributed by atoms with E-state index in [1.807, 2.05) is 30.3 Å². The number of carbonyl (C=O) groups excluding carboxylic acids is 1. The van der Waals surface area contributed by atoms with Gasteiger partial charge in [-0.3, -0.25) is 4.79 Å². The molecule has 19 heavy (non-hydrogen) atoms. The molecule has 1 aliphatic rings. The maximum Gasteiger partial charge on any atom is 0.287 e. The lowest BCUT2D eigenvalue weighted by Gasteiger charge is -2.29. The molecule has 2 aromatic rings. The van der Waals surface area contributed by atoms with Gasteiger partial charge in [0, 0.05) is 11.4 Å². The number of furan rings is 1. The van der Waals surface area contributed by atoms with Gasteiger partial charge in [0.2, 0.25) is 0 Å². The first kappa shape index (κ1) is 12.3. The third-order valence-electron chi connectivity index (χ3n) is 4.08. The molecule has 0 saturated heterocycles. The summed E-state index contributed by atoms with van der Waals surface area (Å²) in [5, 5.41) is 4.09. The molecule has 1 N–H and O–H groups in total. The molecule has 3 nitrogen and oxygen atoms in total. The van der Waals surface area contributed by atoms with Crippen molar-refractivity contribution in [3.05, 3.63) is 36.1 Å². The van der Waals surface area contributed by atoms with Crippen molar-refractivity contribution >= 4 is 16.9 Å². The van der Waals surface area contributed by atoms with Crippen LogP contribution in [0.5, 0.6) is 0 Å². The Morgan fingerprint density at radius 3 is 2.84 bits per heavy atom. The maximum absolute atomic E-state index is 12.2. The van der Waals surface area contributed by atoms with E-state index in [1.165, 1.54) is 19.3 Å². The molecule has 1 aromatic carbocycles. The summed E-state index contributed by atoms with van der Waals surface area (Å²) in [6.45, 7) is 2.21. The van der Waals surface area contributed by atoms with Crippen LogP contribution < -0.4 is 5.32 Å². The van der Waals surface area contributed by atoms with E-state index >= 15 is 0 Å². The van der Waals surface area contributed by atoms with Crippen LogP contribution in [-0.4, -0.2) is 11.9 Å². The zero-order chi connectivity index (χ0) is 13.2. The highest BCUT2D eigenvalue weighted by Crippen LogP contribution is 2.25. The molecule has 0 radical (unpaired) electrons. The number of hydrogen-bond donors (Lipinski definition) is 1. The summed E-state index contributed by atoms with van der Waals surface area (Å²) < 4.78 is 5.59. The SMILES string of the molecule is C[C@H]1CCCC[C@@H]1NC(=O)c1cc2ccccc2o1. The summed E-state index contributed by atoms with van der Waals surface area (Å²) in [5.74, 6) is 0.885. The van der Waals surface area contributed by atoms with Crippen molar-refractivity contribution in [3.8, 4) is 0 Å². The molecule has 0 aliphatic heterocycles. The topological polar surface area (TPSA) is 42.2 Å². The molecule has 1 aliphatic carbocycles. The van der Waals surface area contributed by atoms with E-state index in [0.29, 0.717) is 11.7 Å².